The highest BCUT2D eigenvalue weighted by Gasteiger charge is 2.30. The van der Waals surface area contributed by atoms with E-state index in [2.05, 4.69) is 5.32 Å². The number of carbonyl (C=O) groups excluding carboxylic acids is 2. The molecule has 0 radical (unpaired) electrons. The second-order valence-electron chi connectivity index (χ2n) is 6.36. The zero-order chi connectivity index (χ0) is 18.4. The number of amides is 1. The van der Waals surface area contributed by atoms with Crippen molar-refractivity contribution in [3.63, 3.8) is 0 Å². The molecule has 1 fully saturated rings. The van der Waals surface area contributed by atoms with Crippen LogP contribution in [-0.2, 0) is 4.79 Å². The van der Waals surface area contributed by atoms with Crippen LogP contribution in [0, 0.1) is 0 Å². The fourth-order valence-corrected chi connectivity index (χ4v) is 2.56. The predicted molar refractivity (Wildman–Crippen MR) is 98.6 cm³/mol. The summed E-state index contributed by atoms with van der Waals surface area (Å²) >= 11 is 0. The van der Waals surface area contributed by atoms with Crippen LogP contribution in [0.4, 0.5) is 0 Å². The van der Waals surface area contributed by atoms with Gasteiger partial charge in [-0.15, -0.1) is 0 Å². The maximum absolute atomic E-state index is 12.7. The smallest absolute Gasteiger partial charge is 0.266 e. The lowest BCUT2D eigenvalue weighted by molar-refractivity contribution is -0.128. The van der Waals surface area contributed by atoms with Crippen LogP contribution in [0.3, 0.4) is 0 Å². The minimum atomic E-state index is -0.822. The maximum atomic E-state index is 12.7. The summed E-state index contributed by atoms with van der Waals surface area (Å²) in [6.07, 6.45) is 2.76. The van der Waals surface area contributed by atoms with Crippen LogP contribution in [0.25, 0.3) is 0 Å². The molecule has 5 nitrogen and oxygen atoms in total. The first-order chi connectivity index (χ1) is 12.7. The fourth-order valence-electron chi connectivity index (χ4n) is 2.56. The number of ether oxygens (including phenoxy) is 2. The molecule has 5 heteroatoms. The van der Waals surface area contributed by atoms with Gasteiger partial charge in [0.25, 0.3) is 5.91 Å². The highest BCUT2D eigenvalue weighted by atomic mass is 16.5. The SMILES string of the molecule is CCCOc1ccc(C=O)c(O[C@@H](C(=O)NC2CC2)c2ccccc2)c1. The average Bonchev–Trinajstić information content (AvgIpc) is 3.49. The molecule has 3 rings (SSSR count). The van der Waals surface area contributed by atoms with Gasteiger partial charge in [0.2, 0.25) is 6.10 Å². The Bertz CT molecular complexity index is 756. The zero-order valence-electron chi connectivity index (χ0n) is 14.8. The van der Waals surface area contributed by atoms with Crippen molar-refractivity contribution >= 4 is 12.2 Å². The molecule has 0 aliphatic heterocycles. The summed E-state index contributed by atoms with van der Waals surface area (Å²) in [5.74, 6) is 0.755. The van der Waals surface area contributed by atoms with Gasteiger partial charge >= 0.3 is 0 Å². The van der Waals surface area contributed by atoms with Crippen LogP contribution >= 0.6 is 0 Å². The number of hydrogen-bond acceptors (Lipinski definition) is 4. The Balaban J connectivity index is 1.87. The summed E-state index contributed by atoms with van der Waals surface area (Å²) in [6, 6.07) is 14.6. The first-order valence-electron chi connectivity index (χ1n) is 8.95. The number of hydrogen-bond donors (Lipinski definition) is 1. The van der Waals surface area contributed by atoms with Gasteiger partial charge in [0.1, 0.15) is 11.5 Å². The quantitative estimate of drug-likeness (QED) is 0.699. The van der Waals surface area contributed by atoms with E-state index in [1.807, 2.05) is 37.3 Å². The van der Waals surface area contributed by atoms with E-state index >= 15 is 0 Å². The van der Waals surface area contributed by atoms with Crippen molar-refractivity contribution in [3.8, 4) is 11.5 Å². The molecular formula is C21H23NO4. The summed E-state index contributed by atoms with van der Waals surface area (Å²) < 4.78 is 11.6. The second kappa shape index (κ2) is 8.52. The maximum Gasteiger partial charge on any atom is 0.266 e. The number of nitrogens with one attached hydrogen (secondary N) is 1. The third kappa shape index (κ3) is 4.63. The van der Waals surface area contributed by atoms with Gasteiger partial charge in [0.05, 0.1) is 12.2 Å². The van der Waals surface area contributed by atoms with Gasteiger partial charge < -0.3 is 14.8 Å². The molecule has 2 aromatic carbocycles. The van der Waals surface area contributed by atoms with E-state index in [4.69, 9.17) is 9.47 Å². The zero-order valence-corrected chi connectivity index (χ0v) is 14.8. The predicted octanol–water partition coefficient (Wildman–Crippen LogP) is 3.69. The van der Waals surface area contributed by atoms with Gasteiger partial charge in [0.15, 0.2) is 6.29 Å². The van der Waals surface area contributed by atoms with E-state index in [0.717, 1.165) is 31.1 Å². The van der Waals surface area contributed by atoms with Crippen molar-refractivity contribution in [2.24, 2.45) is 0 Å². The Kier molecular flexibility index (Phi) is 5.89. The highest BCUT2D eigenvalue weighted by Crippen LogP contribution is 2.30. The molecule has 0 spiro atoms. The Morgan fingerprint density at radius 2 is 2.00 bits per heavy atom. The normalized spacial score (nSPS) is 14.3. The number of aldehydes is 1. The Hall–Kier alpha value is -2.82. The molecule has 0 heterocycles. The molecule has 1 aliphatic carbocycles. The second-order valence-corrected chi connectivity index (χ2v) is 6.36. The van der Waals surface area contributed by atoms with Gasteiger partial charge in [-0.1, -0.05) is 37.3 Å². The molecule has 136 valence electrons. The molecule has 0 saturated heterocycles. The minimum Gasteiger partial charge on any atom is -0.493 e. The van der Waals surface area contributed by atoms with E-state index in [1.165, 1.54) is 0 Å². The summed E-state index contributed by atoms with van der Waals surface area (Å²) in [5, 5.41) is 2.98. The van der Waals surface area contributed by atoms with Crippen LogP contribution in [0.5, 0.6) is 11.5 Å². The molecule has 1 atom stereocenters. The summed E-state index contributed by atoms with van der Waals surface area (Å²) in [6.45, 7) is 2.59. The molecule has 2 aromatic rings. The van der Waals surface area contributed by atoms with Crippen LogP contribution in [0.15, 0.2) is 48.5 Å². The standard InChI is InChI=1S/C21H23NO4/c1-2-12-25-18-11-8-16(14-23)19(13-18)26-20(15-6-4-3-5-7-15)21(24)22-17-9-10-17/h3-8,11,13-14,17,20H,2,9-10,12H2,1H3,(H,22,24)/t20-/m1/s1. The molecule has 1 saturated carbocycles. The molecule has 0 unspecified atom stereocenters. The largest absolute Gasteiger partial charge is 0.493 e. The number of rotatable bonds is 9. The van der Waals surface area contributed by atoms with Crippen LogP contribution < -0.4 is 14.8 Å². The molecule has 1 amide bonds. The van der Waals surface area contributed by atoms with E-state index in [9.17, 15) is 9.59 Å². The third-order valence-electron chi connectivity index (χ3n) is 4.09. The van der Waals surface area contributed by atoms with Crippen LogP contribution in [0.2, 0.25) is 0 Å². The summed E-state index contributed by atoms with van der Waals surface area (Å²) in [4.78, 5) is 24.1. The summed E-state index contributed by atoms with van der Waals surface area (Å²) in [7, 11) is 0. The average molecular weight is 353 g/mol. The lowest BCUT2D eigenvalue weighted by Gasteiger charge is -2.20. The van der Waals surface area contributed by atoms with E-state index in [-0.39, 0.29) is 11.9 Å². The third-order valence-corrected chi connectivity index (χ3v) is 4.09. The van der Waals surface area contributed by atoms with Crippen LogP contribution in [0.1, 0.15) is 48.2 Å². The molecule has 0 aromatic heterocycles. The lowest BCUT2D eigenvalue weighted by Crippen LogP contribution is -2.34. The first kappa shape index (κ1) is 18.0. The molecule has 1 N–H and O–H groups in total. The number of benzene rings is 2. The molecule has 26 heavy (non-hydrogen) atoms. The van der Waals surface area contributed by atoms with E-state index in [1.54, 1.807) is 18.2 Å². The van der Waals surface area contributed by atoms with E-state index in [0.29, 0.717) is 23.7 Å². The van der Waals surface area contributed by atoms with Crippen molar-refractivity contribution in [1.82, 2.24) is 5.32 Å². The lowest BCUT2D eigenvalue weighted by atomic mass is 10.1. The number of carbonyl (C=O) groups is 2. The first-order valence-corrected chi connectivity index (χ1v) is 8.95. The fraction of sp³-hybridized carbons (Fsp3) is 0.333. The van der Waals surface area contributed by atoms with Gasteiger partial charge in [-0.3, -0.25) is 9.59 Å². The van der Waals surface area contributed by atoms with Gasteiger partial charge in [-0.2, -0.15) is 0 Å². The van der Waals surface area contributed by atoms with E-state index < -0.39 is 6.10 Å². The van der Waals surface area contributed by atoms with Crippen molar-refractivity contribution in [2.45, 2.75) is 38.3 Å². The molecule has 1 aliphatic rings. The van der Waals surface area contributed by atoms with Gasteiger partial charge in [-0.25, -0.2) is 0 Å². The van der Waals surface area contributed by atoms with Gasteiger partial charge in [-0.05, 0) is 31.4 Å². The molecule has 0 bridgehead atoms. The molecular weight excluding hydrogens is 330 g/mol. The monoisotopic (exact) mass is 353 g/mol. The van der Waals surface area contributed by atoms with Gasteiger partial charge in [0, 0.05) is 17.7 Å². The highest BCUT2D eigenvalue weighted by molar-refractivity contribution is 5.84. The topological polar surface area (TPSA) is 64.6 Å². The Morgan fingerprint density at radius 1 is 1.23 bits per heavy atom. The van der Waals surface area contributed by atoms with Crippen molar-refractivity contribution in [1.29, 1.82) is 0 Å². The Morgan fingerprint density at radius 3 is 2.65 bits per heavy atom. The van der Waals surface area contributed by atoms with Crippen molar-refractivity contribution in [3.05, 3.63) is 59.7 Å². The Labute approximate surface area is 153 Å². The van der Waals surface area contributed by atoms with Crippen molar-refractivity contribution in [2.75, 3.05) is 6.61 Å². The van der Waals surface area contributed by atoms with Crippen molar-refractivity contribution < 1.29 is 19.1 Å². The summed E-state index contributed by atoms with van der Waals surface area (Å²) in [5.41, 5.74) is 1.12. The van der Waals surface area contributed by atoms with Crippen LogP contribution in [-0.4, -0.2) is 24.8 Å². The minimum absolute atomic E-state index is 0.199.